The second-order valence-electron chi connectivity index (χ2n) is 6.40. The molecule has 0 atom stereocenters. The van der Waals surface area contributed by atoms with Gasteiger partial charge in [0.15, 0.2) is 5.82 Å². The van der Waals surface area contributed by atoms with Crippen molar-refractivity contribution in [3.05, 3.63) is 45.6 Å². The second kappa shape index (κ2) is 7.58. The van der Waals surface area contributed by atoms with Crippen LogP contribution in [0.3, 0.4) is 0 Å². The fraction of sp³-hybridized carbons (Fsp3) is 0.444. The van der Waals surface area contributed by atoms with E-state index in [-0.39, 0.29) is 11.8 Å². The predicted molar refractivity (Wildman–Crippen MR) is 97.7 cm³/mol. The van der Waals surface area contributed by atoms with Crippen molar-refractivity contribution in [2.24, 2.45) is 5.92 Å². The molecule has 0 unspecified atom stereocenters. The van der Waals surface area contributed by atoms with Gasteiger partial charge in [0.05, 0.1) is 16.6 Å². The number of carbonyl (C=O) groups excluding carboxylic acids is 1. The summed E-state index contributed by atoms with van der Waals surface area (Å²) in [5.74, 6) is 0.830. The van der Waals surface area contributed by atoms with Crippen LogP contribution in [-0.2, 0) is 11.3 Å². The van der Waals surface area contributed by atoms with Gasteiger partial charge in [0.25, 0.3) is 0 Å². The van der Waals surface area contributed by atoms with Crippen molar-refractivity contribution in [3.63, 3.8) is 0 Å². The van der Waals surface area contributed by atoms with Gasteiger partial charge in [-0.15, -0.1) is 0 Å². The Kier molecular flexibility index (Phi) is 5.47. The lowest BCUT2D eigenvalue weighted by Gasteiger charge is -2.19. The second-order valence-corrected chi connectivity index (χ2v) is 7.22. The average Bonchev–Trinajstić information content (AvgIpc) is 2.91. The van der Waals surface area contributed by atoms with Crippen LogP contribution >= 0.6 is 23.2 Å². The smallest absolute Gasteiger partial charge is 0.228 e. The molecule has 3 rings (SSSR count). The maximum absolute atomic E-state index is 12.3. The van der Waals surface area contributed by atoms with Crippen molar-refractivity contribution in [1.29, 1.82) is 0 Å². The number of aromatic nitrogens is 2. The van der Waals surface area contributed by atoms with Gasteiger partial charge in [-0.2, -0.15) is 5.10 Å². The van der Waals surface area contributed by atoms with Crippen molar-refractivity contribution >= 4 is 34.9 Å². The van der Waals surface area contributed by atoms with Crippen LogP contribution < -0.4 is 5.32 Å². The summed E-state index contributed by atoms with van der Waals surface area (Å²) in [5, 5.41) is 8.53. The summed E-state index contributed by atoms with van der Waals surface area (Å²) in [6.45, 7) is 2.56. The van der Waals surface area contributed by atoms with Gasteiger partial charge in [0, 0.05) is 17.7 Å². The maximum Gasteiger partial charge on any atom is 0.228 e. The highest BCUT2D eigenvalue weighted by molar-refractivity contribution is 6.42. The quantitative estimate of drug-likeness (QED) is 0.822. The molecule has 1 heterocycles. The number of hydrogen-bond donors (Lipinski definition) is 1. The van der Waals surface area contributed by atoms with Crippen molar-refractivity contribution in [1.82, 2.24) is 9.78 Å². The third-order valence-electron chi connectivity index (χ3n) is 4.52. The van der Waals surface area contributed by atoms with E-state index in [1.54, 1.807) is 6.07 Å². The molecule has 1 saturated carbocycles. The van der Waals surface area contributed by atoms with Gasteiger partial charge in [-0.05, 0) is 37.5 Å². The molecule has 1 aromatic carbocycles. The average molecular weight is 366 g/mol. The van der Waals surface area contributed by atoms with Gasteiger partial charge < -0.3 is 5.32 Å². The van der Waals surface area contributed by atoms with E-state index in [2.05, 4.69) is 10.4 Å². The SMILES string of the molecule is Cc1cc(NC(=O)C2CCCCC2)nn1Cc1ccc(Cl)c(Cl)c1. The van der Waals surface area contributed by atoms with Crippen LogP contribution in [0.25, 0.3) is 0 Å². The fourth-order valence-corrected chi connectivity index (χ4v) is 3.46. The first-order chi connectivity index (χ1) is 11.5. The Balaban J connectivity index is 1.68. The lowest BCUT2D eigenvalue weighted by atomic mass is 9.89. The summed E-state index contributed by atoms with van der Waals surface area (Å²) in [6, 6.07) is 7.45. The molecule has 4 nitrogen and oxygen atoms in total. The molecule has 1 aromatic heterocycles. The molecule has 0 aliphatic heterocycles. The molecule has 0 bridgehead atoms. The molecule has 1 amide bonds. The maximum atomic E-state index is 12.3. The Hall–Kier alpha value is -1.52. The summed E-state index contributed by atoms with van der Waals surface area (Å²) in [6.07, 6.45) is 5.48. The van der Waals surface area contributed by atoms with Crippen LogP contribution in [0, 0.1) is 12.8 Å². The Morgan fingerprint density at radius 1 is 1.21 bits per heavy atom. The third kappa shape index (κ3) is 4.11. The van der Waals surface area contributed by atoms with Crippen LogP contribution in [0.2, 0.25) is 10.0 Å². The lowest BCUT2D eigenvalue weighted by Crippen LogP contribution is -2.25. The molecule has 1 fully saturated rings. The largest absolute Gasteiger partial charge is 0.309 e. The predicted octanol–water partition coefficient (Wildman–Crippen LogP) is 5.07. The van der Waals surface area contributed by atoms with Crippen LogP contribution in [-0.4, -0.2) is 15.7 Å². The van der Waals surface area contributed by atoms with E-state index in [0.29, 0.717) is 22.4 Å². The van der Waals surface area contributed by atoms with Crippen molar-refractivity contribution in [2.45, 2.75) is 45.6 Å². The highest BCUT2D eigenvalue weighted by Gasteiger charge is 2.21. The molecule has 24 heavy (non-hydrogen) atoms. The van der Waals surface area contributed by atoms with Gasteiger partial charge in [0.2, 0.25) is 5.91 Å². The van der Waals surface area contributed by atoms with E-state index < -0.39 is 0 Å². The normalized spacial score (nSPS) is 15.5. The van der Waals surface area contributed by atoms with Crippen molar-refractivity contribution in [3.8, 4) is 0 Å². The minimum Gasteiger partial charge on any atom is -0.309 e. The van der Waals surface area contributed by atoms with E-state index in [1.165, 1.54) is 6.42 Å². The topological polar surface area (TPSA) is 46.9 Å². The summed E-state index contributed by atoms with van der Waals surface area (Å²) in [4.78, 5) is 12.3. The summed E-state index contributed by atoms with van der Waals surface area (Å²) >= 11 is 12.0. The number of nitrogens with one attached hydrogen (secondary N) is 1. The minimum absolute atomic E-state index is 0.0916. The number of benzene rings is 1. The van der Waals surface area contributed by atoms with Gasteiger partial charge in [-0.3, -0.25) is 9.48 Å². The molecular weight excluding hydrogens is 345 g/mol. The van der Waals surface area contributed by atoms with Crippen LogP contribution in [0.1, 0.15) is 43.4 Å². The van der Waals surface area contributed by atoms with Gasteiger partial charge in [-0.1, -0.05) is 48.5 Å². The van der Waals surface area contributed by atoms with Gasteiger partial charge >= 0.3 is 0 Å². The number of carbonyl (C=O) groups is 1. The molecular formula is C18H21Cl2N3O. The molecule has 1 aliphatic rings. The monoisotopic (exact) mass is 365 g/mol. The van der Waals surface area contributed by atoms with E-state index in [0.717, 1.165) is 36.9 Å². The molecule has 0 radical (unpaired) electrons. The number of rotatable bonds is 4. The number of hydrogen-bond acceptors (Lipinski definition) is 2. The zero-order valence-corrected chi connectivity index (χ0v) is 15.2. The van der Waals surface area contributed by atoms with Gasteiger partial charge in [-0.25, -0.2) is 0 Å². The Labute approximate surface area is 152 Å². The number of anilines is 1. The van der Waals surface area contributed by atoms with Crippen LogP contribution in [0.4, 0.5) is 5.82 Å². The lowest BCUT2D eigenvalue weighted by molar-refractivity contribution is -0.120. The van der Waals surface area contributed by atoms with Crippen LogP contribution in [0.15, 0.2) is 24.3 Å². The molecule has 0 spiro atoms. The van der Waals surface area contributed by atoms with Crippen molar-refractivity contribution < 1.29 is 4.79 Å². The summed E-state index contributed by atoms with van der Waals surface area (Å²) in [7, 11) is 0. The summed E-state index contributed by atoms with van der Waals surface area (Å²) in [5.41, 5.74) is 2.00. The summed E-state index contributed by atoms with van der Waals surface area (Å²) < 4.78 is 1.86. The Bertz CT molecular complexity index is 736. The molecule has 6 heteroatoms. The number of amides is 1. The fourth-order valence-electron chi connectivity index (χ4n) is 3.14. The Morgan fingerprint density at radius 3 is 2.67 bits per heavy atom. The minimum atomic E-state index is 0.0916. The highest BCUT2D eigenvalue weighted by atomic mass is 35.5. The first kappa shape index (κ1) is 17.3. The third-order valence-corrected chi connectivity index (χ3v) is 5.26. The molecule has 1 N–H and O–H groups in total. The van der Waals surface area contributed by atoms with E-state index in [4.69, 9.17) is 23.2 Å². The first-order valence-corrected chi connectivity index (χ1v) is 9.08. The number of halogens is 2. The molecule has 1 aliphatic carbocycles. The zero-order valence-electron chi connectivity index (χ0n) is 13.7. The van der Waals surface area contributed by atoms with Gasteiger partial charge in [0.1, 0.15) is 0 Å². The van der Waals surface area contributed by atoms with E-state index in [1.807, 2.05) is 29.8 Å². The molecule has 0 saturated heterocycles. The highest BCUT2D eigenvalue weighted by Crippen LogP contribution is 2.25. The first-order valence-electron chi connectivity index (χ1n) is 8.32. The number of nitrogens with zero attached hydrogens (tertiary/aromatic N) is 2. The zero-order chi connectivity index (χ0) is 17.1. The standard InChI is InChI=1S/C18H21Cl2N3O/c1-12-9-17(21-18(24)14-5-3-2-4-6-14)22-23(12)11-13-7-8-15(19)16(20)10-13/h7-10,14H,2-6,11H2,1H3,(H,21,22,24). The van der Waals surface area contributed by atoms with Crippen molar-refractivity contribution in [2.75, 3.05) is 5.32 Å². The van der Waals surface area contributed by atoms with Crippen LogP contribution in [0.5, 0.6) is 0 Å². The molecule has 128 valence electrons. The van der Waals surface area contributed by atoms with E-state index >= 15 is 0 Å². The molecule has 2 aromatic rings. The Morgan fingerprint density at radius 2 is 1.96 bits per heavy atom. The van der Waals surface area contributed by atoms with E-state index in [9.17, 15) is 4.79 Å². The number of aryl methyl sites for hydroxylation is 1.